The number of fused-ring (bicyclic) bond motifs is 1. The van der Waals surface area contributed by atoms with Gasteiger partial charge in [-0.1, -0.05) is 0 Å². The van der Waals surface area contributed by atoms with E-state index >= 15 is 0 Å². The first-order chi connectivity index (χ1) is 6.72. The van der Waals surface area contributed by atoms with Crippen LogP contribution in [-0.4, -0.2) is 32.8 Å². The number of methoxy groups -OCH3 is 1. The van der Waals surface area contributed by atoms with E-state index in [9.17, 15) is 4.79 Å². The van der Waals surface area contributed by atoms with E-state index in [-0.39, 0.29) is 5.82 Å². The lowest BCUT2D eigenvalue weighted by Gasteiger charge is -1.99. The molecule has 0 amide bonds. The molecule has 0 atom stereocenters. The molecule has 1 N–H and O–H groups in total. The van der Waals surface area contributed by atoms with Crippen LogP contribution in [0.15, 0.2) is 18.3 Å². The first-order valence-corrected chi connectivity index (χ1v) is 3.84. The number of ether oxygens (including phenoxy) is 1. The molecule has 0 spiro atoms. The maximum absolute atomic E-state index is 10.6. The molecular weight excluding hydrogens is 186 g/mol. The molecule has 0 aromatic carbocycles. The van der Waals surface area contributed by atoms with Gasteiger partial charge in [-0.25, -0.2) is 9.78 Å². The molecule has 2 rings (SSSR count). The smallest absolute Gasteiger partial charge is 0.375 e. The van der Waals surface area contributed by atoms with Gasteiger partial charge in [-0.05, 0) is 6.07 Å². The number of nitrogens with zero attached hydrogens (tertiary/aromatic N) is 3. The van der Waals surface area contributed by atoms with Crippen molar-refractivity contribution >= 4 is 11.5 Å². The average Bonchev–Trinajstić information content (AvgIpc) is 2.59. The second-order valence-electron chi connectivity index (χ2n) is 2.60. The SMILES string of the molecule is COc1ccc2cnc(C(=O)O)nn12. The largest absolute Gasteiger partial charge is 0.481 e. The highest BCUT2D eigenvalue weighted by Gasteiger charge is 2.09. The van der Waals surface area contributed by atoms with E-state index in [4.69, 9.17) is 9.84 Å². The molecule has 14 heavy (non-hydrogen) atoms. The summed E-state index contributed by atoms with van der Waals surface area (Å²) in [6.07, 6.45) is 1.43. The summed E-state index contributed by atoms with van der Waals surface area (Å²) >= 11 is 0. The summed E-state index contributed by atoms with van der Waals surface area (Å²) in [6, 6.07) is 3.43. The molecule has 72 valence electrons. The molecule has 0 aliphatic carbocycles. The molecule has 0 fully saturated rings. The van der Waals surface area contributed by atoms with Crippen LogP contribution in [0, 0.1) is 0 Å². The van der Waals surface area contributed by atoms with E-state index in [0.29, 0.717) is 11.4 Å². The van der Waals surface area contributed by atoms with Crippen LogP contribution in [0.5, 0.6) is 5.88 Å². The summed E-state index contributed by atoms with van der Waals surface area (Å²) in [7, 11) is 1.49. The number of hydrogen-bond donors (Lipinski definition) is 1. The number of rotatable bonds is 2. The summed E-state index contributed by atoms with van der Waals surface area (Å²) in [4.78, 5) is 14.3. The van der Waals surface area contributed by atoms with Crippen molar-refractivity contribution in [3.05, 3.63) is 24.2 Å². The molecule has 0 saturated heterocycles. The van der Waals surface area contributed by atoms with Crippen molar-refractivity contribution in [2.24, 2.45) is 0 Å². The minimum atomic E-state index is -1.16. The van der Waals surface area contributed by atoms with Crippen molar-refractivity contribution in [3.8, 4) is 5.88 Å². The molecule has 2 aromatic heterocycles. The van der Waals surface area contributed by atoms with Crippen LogP contribution in [0.25, 0.3) is 5.52 Å². The summed E-state index contributed by atoms with van der Waals surface area (Å²) < 4.78 is 6.37. The molecule has 2 aromatic rings. The number of hydrogen-bond acceptors (Lipinski definition) is 4. The fourth-order valence-electron chi connectivity index (χ4n) is 1.13. The van der Waals surface area contributed by atoms with Crippen LogP contribution in [0.4, 0.5) is 0 Å². The first-order valence-electron chi connectivity index (χ1n) is 3.84. The summed E-state index contributed by atoms with van der Waals surface area (Å²) in [5, 5.41) is 12.5. The standard InChI is InChI=1S/C8H7N3O3/c1-14-6-3-2-5-4-9-7(8(12)13)10-11(5)6/h2-4H,1H3,(H,12,13). The zero-order chi connectivity index (χ0) is 10.1. The Kier molecular flexibility index (Phi) is 1.81. The van der Waals surface area contributed by atoms with Gasteiger partial charge in [0.25, 0.3) is 5.82 Å². The van der Waals surface area contributed by atoms with Crippen molar-refractivity contribution in [3.63, 3.8) is 0 Å². The van der Waals surface area contributed by atoms with Crippen molar-refractivity contribution in [1.82, 2.24) is 14.6 Å². The highest BCUT2D eigenvalue weighted by Crippen LogP contribution is 2.14. The maximum atomic E-state index is 10.6. The van der Waals surface area contributed by atoms with Crippen molar-refractivity contribution in [2.45, 2.75) is 0 Å². The second kappa shape index (κ2) is 2.99. The molecule has 0 bridgehead atoms. The lowest BCUT2D eigenvalue weighted by Crippen LogP contribution is -2.08. The van der Waals surface area contributed by atoms with Crippen LogP contribution in [0.2, 0.25) is 0 Å². The number of carboxylic acid groups (broad SMARTS) is 1. The lowest BCUT2D eigenvalue weighted by atomic mass is 10.5. The number of aromatic nitrogens is 3. The molecule has 0 radical (unpaired) electrons. The Hall–Kier alpha value is -2.11. The summed E-state index contributed by atoms with van der Waals surface area (Å²) in [5.74, 6) is -0.945. The zero-order valence-corrected chi connectivity index (χ0v) is 7.34. The van der Waals surface area contributed by atoms with Crippen LogP contribution in [0.3, 0.4) is 0 Å². The first kappa shape index (κ1) is 8.49. The Bertz CT molecular complexity index is 492. The predicted octanol–water partition coefficient (Wildman–Crippen LogP) is 0.436. The summed E-state index contributed by atoms with van der Waals surface area (Å²) in [5.41, 5.74) is 0.687. The lowest BCUT2D eigenvalue weighted by molar-refractivity contribution is 0.0681. The third kappa shape index (κ3) is 1.17. The summed E-state index contributed by atoms with van der Waals surface area (Å²) in [6.45, 7) is 0. The number of carboxylic acids is 1. The Morgan fingerprint density at radius 2 is 2.36 bits per heavy atom. The predicted molar refractivity (Wildman–Crippen MR) is 46.5 cm³/mol. The Morgan fingerprint density at radius 3 is 3.00 bits per heavy atom. The number of carbonyl (C=O) groups is 1. The van der Waals surface area contributed by atoms with Crippen LogP contribution < -0.4 is 4.74 Å². The molecule has 0 unspecified atom stereocenters. The van der Waals surface area contributed by atoms with Gasteiger partial charge < -0.3 is 9.84 Å². The topological polar surface area (TPSA) is 76.7 Å². The molecule has 0 saturated carbocycles. The van der Waals surface area contributed by atoms with Crippen LogP contribution >= 0.6 is 0 Å². The molecule has 0 aliphatic heterocycles. The molecule has 6 heteroatoms. The van der Waals surface area contributed by atoms with Gasteiger partial charge >= 0.3 is 5.97 Å². The maximum Gasteiger partial charge on any atom is 0.375 e. The quantitative estimate of drug-likeness (QED) is 0.748. The Labute approximate surface area is 78.8 Å². The highest BCUT2D eigenvalue weighted by molar-refractivity contribution is 5.83. The van der Waals surface area contributed by atoms with Gasteiger partial charge in [0.2, 0.25) is 5.88 Å². The molecule has 0 aliphatic rings. The minimum absolute atomic E-state index is 0.257. The second-order valence-corrected chi connectivity index (χ2v) is 2.60. The van der Waals surface area contributed by atoms with Crippen molar-refractivity contribution < 1.29 is 14.6 Å². The van der Waals surface area contributed by atoms with E-state index in [1.807, 2.05) is 0 Å². The van der Waals surface area contributed by atoms with Gasteiger partial charge in [-0.2, -0.15) is 4.52 Å². The normalized spacial score (nSPS) is 10.4. The van der Waals surface area contributed by atoms with Gasteiger partial charge in [-0.3, -0.25) is 0 Å². The van der Waals surface area contributed by atoms with Crippen molar-refractivity contribution in [2.75, 3.05) is 7.11 Å². The Balaban J connectivity index is 2.67. The van der Waals surface area contributed by atoms with E-state index < -0.39 is 5.97 Å². The third-order valence-electron chi connectivity index (χ3n) is 1.76. The zero-order valence-electron chi connectivity index (χ0n) is 7.34. The van der Waals surface area contributed by atoms with Gasteiger partial charge in [0, 0.05) is 6.07 Å². The number of aromatic carboxylic acids is 1. The third-order valence-corrected chi connectivity index (χ3v) is 1.76. The van der Waals surface area contributed by atoms with E-state index in [2.05, 4.69) is 10.1 Å². The average molecular weight is 193 g/mol. The van der Waals surface area contributed by atoms with Crippen molar-refractivity contribution in [1.29, 1.82) is 0 Å². The monoisotopic (exact) mass is 193 g/mol. The van der Waals surface area contributed by atoms with Gasteiger partial charge in [0.05, 0.1) is 18.8 Å². The molecule has 2 heterocycles. The van der Waals surface area contributed by atoms with Crippen LogP contribution in [-0.2, 0) is 0 Å². The highest BCUT2D eigenvalue weighted by atomic mass is 16.5. The minimum Gasteiger partial charge on any atom is -0.481 e. The van der Waals surface area contributed by atoms with E-state index in [1.165, 1.54) is 17.8 Å². The van der Waals surface area contributed by atoms with E-state index in [0.717, 1.165) is 0 Å². The fraction of sp³-hybridized carbons (Fsp3) is 0.125. The Morgan fingerprint density at radius 1 is 1.57 bits per heavy atom. The van der Waals surface area contributed by atoms with Gasteiger partial charge in [0.1, 0.15) is 0 Å². The molecular formula is C8H7N3O3. The van der Waals surface area contributed by atoms with E-state index in [1.54, 1.807) is 12.1 Å². The fourth-order valence-corrected chi connectivity index (χ4v) is 1.13. The molecule has 6 nitrogen and oxygen atoms in total. The van der Waals surface area contributed by atoms with Gasteiger partial charge in [0.15, 0.2) is 0 Å². The van der Waals surface area contributed by atoms with Crippen LogP contribution in [0.1, 0.15) is 10.6 Å². The van der Waals surface area contributed by atoms with Gasteiger partial charge in [-0.15, -0.1) is 5.10 Å².